The van der Waals surface area contributed by atoms with Crippen molar-refractivity contribution in [3.63, 3.8) is 0 Å². The van der Waals surface area contributed by atoms with Crippen molar-refractivity contribution in [2.45, 2.75) is 58.3 Å². The molecular weight excluding hydrogens is 516 g/mol. The molecule has 1 aliphatic carbocycles. The number of thiazole rings is 1. The Labute approximate surface area is 239 Å². The number of amides is 1. The predicted octanol–water partition coefficient (Wildman–Crippen LogP) is 6.96. The van der Waals surface area contributed by atoms with Gasteiger partial charge in [0.05, 0.1) is 58.1 Å². The zero-order valence-corrected chi connectivity index (χ0v) is 24.0. The topological polar surface area (TPSA) is 79.1 Å². The fourth-order valence-electron chi connectivity index (χ4n) is 6.28. The molecule has 40 heavy (non-hydrogen) atoms. The zero-order valence-electron chi connectivity index (χ0n) is 23.2. The summed E-state index contributed by atoms with van der Waals surface area (Å²) in [5.74, 6) is 0.486. The minimum absolute atomic E-state index is 0.0940. The van der Waals surface area contributed by atoms with Crippen molar-refractivity contribution in [3.05, 3.63) is 69.9 Å². The highest BCUT2D eigenvalue weighted by atomic mass is 32.1. The molecular formula is C33H34N4O2S. The van der Waals surface area contributed by atoms with Gasteiger partial charge in [-0.25, -0.2) is 9.97 Å². The van der Waals surface area contributed by atoms with Crippen molar-refractivity contribution >= 4 is 28.1 Å². The Balaban J connectivity index is 1.45. The molecule has 6 nitrogen and oxygen atoms in total. The fraction of sp³-hybridized carbons (Fsp3) is 0.394. The summed E-state index contributed by atoms with van der Waals surface area (Å²) >= 11 is 1.67. The molecule has 0 unspecified atom stereocenters. The van der Waals surface area contributed by atoms with Gasteiger partial charge >= 0.3 is 0 Å². The maximum atomic E-state index is 13.4. The van der Waals surface area contributed by atoms with Crippen molar-refractivity contribution in [2.24, 2.45) is 0 Å². The van der Waals surface area contributed by atoms with E-state index in [1.165, 1.54) is 24.8 Å². The SMILES string of the molecule is Cc1nc(C)c(-c2ccc3cc(-c4c(CC(=O)N5CCOCC5)cc(C#N)cc4C4CCCCC4)ccc3n2)s1. The monoisotopic (exact) mass is 550 g/mol. The van der Waals surface area contributed by atoms with E-state index in [0.29, 0.717) is 37.8 Å². The Hall–Kier alpha value is -3.60. The average Bonchev–Trinajstić information content (AvgIpc) is 3.34. The average molecular weight is 551 g/mol. The third-order valence-corrected chi connectivity index (χ3v) is 9.34. The number of ether oxygens (including phenoxy) is 1. The summed E-state index contributed by atoms with van der Waals surface area (Å²) in [6, 6.07) is 17.0. The molecule has 0 N–H and O–H groups in total. The molecule has 2 aromatic carbocycles. The van der Waals surface area contributed by atoms with Gasteiger partial charge in [-0.05, 0) is 85.2 Å². The second kappa shape index (κ2) is 11.5. The van der Waals surface area contributed by atoms with Gasteiger partial charge in [0.25, 0.3) is 0 Å². The van der Waals surface area contributed by atoms with E-state index in [4.69, 9.17) is 9.72 Å². The number of hydrogen-bond acceptors (Lipinski definition) is 6. The van der Waals surface area contributed by atoms with E-state index >= 15 is 0 Å². The first kappa shape index (κ1) is 26.6. The number of fused-ring (bicyclic) bond motifs is 1. The number of carbonyl (C=O) groups excluding carboxylic acids is 1. The fourth-order valence-corrected chi connectivity index (χ4v) is 7.17. The Morgan fingerprint density at radius 2 is 1.85 bits per heavy atom. The van der Waals surface area contributed by atoms with E-state index in [1.54, 1.807) is 11.3 Å². The number of nitrogens with zero attached hydrogens (tertiary/aromatic N) is 4. The number of nitriles is 1. The van der Waals surface area contributed by atoms with E-state index in [2.05, 4.69) is 47.5 Å². The largest absolute Gasteiger partial charge is 0.378 e. The first-order valence-electron chi connectivity index (χ1n) is 14.3. The molecule has 2 aromatic heterocycles. The number of aromatic nitrogens is 2. The lowest BCUT2D eigenvalue weighted by Crippen LogP contribution is -2.41. The van der Waals surface area contributed by atoms with E-state index in [1.807, 2.05) is 24.8 Å². The van der Waals surface area contributed by atoms with E-state index in [0.717, 1.165) is 61.7 Å². The molecule has 0 radical (unpaired) electrons. The van der Waals surface area contributed by atoms with Crippen molar-refractivity contribution in [3.8, 4) is 27.8 Å². The first-order chi connectivity index (χ1) is 19.5. The van der Waals surface area contributed by atoms with Gasteiger partial charge in [0.2, 0.25) is 5.91 Å². The van der Waals surface area contributed by atoms with Gasteiger partial charge in [-0.15, -0.1) is 11.3 Å². The highest BCUT2D eigenvalue weighted by Gasteiger charge is 2.25. The molecule has 204 valence electrons. The molecule has 0 bridgehead atoms. The summed E-state index contributed by atoms with van der Waals surface area (Å²) in [6.07, 6.45) is 6.17. The van der Waals surface area contributed by atoms with Gasteiger partial charge in [-0.3, -0.25) is 4.79 Å². The van der Waals surface area contributed by atoms with Gasteiger partial charge in [0.1, 0.15) is 0 Å². The Kier molecular flexibility index (Phi) is 7.64. The van der Waals surface area contributed by atoms with Crippen molar-refractivity contribution < 1.29 is 9.53 Å². The molecule has 0 atom stereocenters. The molecule has 6 rings (SSSR count). The minimum Gasteiger partial charge on any atom is -0.378 e. The van der Waals surface area contributed by atoms with Crippen LogP contribution in [0.2, 0.25) is 0 Å². The number of pyridine rings is 1. The van der Waals surface area contributed by atoms with Crippen LogP contribution in [0.4, 0.5) is 0 Å². The Bertz CT molecular complexity index is 1610. The lowest BCUT2D eigenvalue weighted by atomic mass is 9.78. The third kappa shape index (κ3) is 5.39. The number of carbonyl (C=O) groups is 1. The molecule has 3 heterocycles. The van der Waals surface area contributed by atoms with Crippen molar-refractivity contribution in [1.82, 2.24) is 14.9 Å². The highest BCUT2D eigenvalue weighted by molar-refractivity contribution is 7.15. The van der Waals surface area contributed by atoms with Gasteiger partial charge < -0.3 is 9.64 Å². The predicted molar refractivity (Wildman–Crippen MR) is 159 cm³/mol. The lowest BCUT2D eigenvalue weighted by molar-refractivity contribution is -0.134. The molecule has 1 aliphatic heterocycles. The van der Waals surface area contributed by atoms with Gasteiger partial charge in [-0.2, -0.15) is 5.26 Å². The van der Waals surface area contributed by atoms with Crippen LogP contribution in [0, 0.1) is 25.2 Å². The van der Waals surface area contributed by atoms with Crippen LogP contribution in [0.1, 0.15) is 65.4 Å². The number of benzene rings is 2. The minimum atomic E-state index is 0.0940. The van der Waals surface area contributed by atoms with Crippen LogP contribution in [-0.2, 0) is 16.0 Å². The quantitative estimate of drug-likeness (QED) is 0.268. The zero-order chi connectivity index (χ0) is 27.6. The standard InChI is InChI=1S/C33H34N4O2S/c1-21-33(40-22(2)35-21)30-11-8-25-18-26(9-10-29(25)36-30)32-27(19-31(38)37-12-14-39-15-13-37)16-23(20-34)17-28(32)24-6-4-3-5-7-24/h8-11,16-18,24H,3-7,12-15,19H2,1-2H3. The molecule has 7 heteroatoms. The lowest BCUT2D eigenvalue weighted by Gasteiger charge is -2.29. The molecule has 1 saturated carbocycles. The van der Waals surface area contributed by atoms with Crippen LogP contribution in [0.25, 0.3) is 32.6 Å². The summed E-state index contributed by atoms with van der Waals surface area (Å²) in [7, 11) is 0. The number of morpholine rings is 1. The summed E-state index contributed by atoms with van der Waals surface area (Å²) in [6.45, 7) is 6.44. The van der Waals surface area contributed by atoms with Crippen molar-refractivity contribution in [2.75, 3.05) is 26.3 Å². The van der Waals surface area contributed by atoms with Gasteiger partial charge in [0.15, 0.2) is 0 Å². The van der Waals surface area contributed by atoms with Crippen LogP contribution in [0.5, 0.6) is 0 Å². The second-order valence-electron chi connectivity index (χ2n) is 11.0. The molecule has 2 fully saturated rings. The summed E-state index contributed by atoms with van der Waals surface area (Å²) in [4.78, 5) is 26.0. The molecule has 1 saturated heterocycles. The number of aryl methyl sites for hydroxylation is 2. The third-order valence-electron chi connectivity index (χ3n) is 8.24. The number of rotatable bonds is 5. The summed E-state index contributed by atoms with van der Waals surface area (Å²) in [5.41, 5.74) is 7.88. The molecule has 2 aliphatic rings. The highest BCUT2D eigenvalue weighted by Crippen LogP contribution is 2.41. The Morgan fingerprint density at radius 3 is 2.58 bits per heavy atom. The van der Waals surface area contributed by atoms with E-state index < -0.39 is 0 Å². The summed E-state index contributed by atoms with van der Waals surface area (Å²) in [5, 5.41) is 12.0. The first-order valence-corrected chi connectivity index (χ1v) is 15.1. The maximum absolute atomic E-state index is 13.4. The van der Waals surface area contributed by atoms with Crippen LogP contribution < -0.4 is 0 Å². The molecule has 4 aromatic rings. The smallest absolute Gasteiger partial charge is 0.227 e. The van der Waals surface area contributed by atoms with Gasteiger partial charge in [-0.1, -0.05) is 31.4 Å². The number of hydrogen-bond donors (Lipinski definition) is 0. The molecule has 0 spiro atoms. The molecule has 1 amide bonds. The van der Waals surface area contributed by atoms with Crippen molar-refractivity contribution in [1.29, 1.82) is 5.26 Å². The normalized spacial score (nSPS) is 16.3. The Morgan fingerprint density at radius 1 is 1.05 bits per heavy atom. The van der Waals surface area contributed by atoms with E-state index in [-0.39, 0.29) is 12.3 Å². The van der Waals surface area contributed by atoms with Crippen LogP contribution in [0.3, 0.4) is 0 Å². The van der Waals surface area contributed by atoms with Gasteiger partial charge in [0, 0.05) is 18.5 Å². The van der Waals surface area contributed by atoms with E-state index in [9.17, 15) is 10.1 Å². The summed E-state index contributed by atoms with van der Waals surface area (Å²) < 4.78 is 5.47. The van der Waals surface area contributed by atoms with Crippen LogP contribution in [0.15, 0.2) is 42.5 Å². The maximum Gasteiger partial charge on any atom is 0.227 e. The van der Waals surface area contributed by atoms with Crippen LogP contribution in [-0.4, -0.2) is 47.1 Å². The second-order valence-corrected chi connectivity index (χ2v) is 12.2. The van der Waals surface area contributed by atoms with Crippen LogP contribution >= 0.6 is 11.3 Å².